The van der Waals surface area contributed by atoms with Crippen LogP contribution in [-0.4, -0.2) is 35.8 Å². The number of benzene rings is 1. The van der Waals surface area contributed by atoms with E-state index in [1.807, 2.05) is 20.8 Å². The quantitative estimate of drug-likeness (QED) is 0.834. The monoisotopic (exact) mass is 299 g/mol. The third-order valence-corrected chi connectivity index (χ3v) is 2.38. The van der Waals surface area contributed by atoms with Crippen molar-refractivity contribution in [1.29, 1.82) is 0 Å². The highest BCUT2D eigenvalue weighted by molar-refractivity contribution is 5.97. The second kappa shape index (κ2) is 7.14. The second-order valence-corrected chi connectivity index (χ2v) is 5.58. The maximum atomic E-state index is 12.1. The zero-order valence-electron chi connectivity index (χ0n) is 12.3. The van der Waals surface area contributed by atoms with Crippen LogP contribution in [0, 0.1) is 0 Å². The molecule has 0 aromatic heterocycles. The van der Waals surface area contributed by atoms with E-state index in [1.165, 1.54) is 4.90 Å². The van der Waals surface area contributed by atoms with Gasteiger partial charge in [0.15, 0.2) is 0 Å². The molecule has 5 nitrogen and oxygen atoms in total. The van der Waals surface area contributed by atoms with Crippen LogP contribution in [-0.2, 0) is 4.79 Å². The lowest BCUT2D eigenvalue weighted by Crippen LogP contribution is -2.46. The van der Waals surface area contributed by atoms with Crippen LogP contribution >= 0.6 is 12.4 Å². The van der Waals surface area contributed by atoms with Crippen LogP contribution in [0.25, 0.3) is 0 Å². The van der Waals surface area contributed by atoms with Crippen molar-refractivity contribution in [2.24, 2.45) is 0 Å². The topological polar surface area (TPSA) is 75.4 Å². The molecule has 1 rings (SSSR count). The average Bonchev–Trinajstić information content (AvgIpc) is 2.25. The Kier molecular flexibility index (Phi) is 6.52. The first-order valence-corrected chi connectivity index (χ1v) is 6.11. The molecule has 20 heavy (non-hydrogen) atoms. The van der Waals surface area contributed by atoms with E-state index < -0.39 is 0 Å². The van der Waals surface area contributed by atoms with Crippen LogP contribution in [0.5, 0.6) is 0 Å². The van der Waals surface area contributed by atoms with Crippen molar-refractivity contribution in [3.8, 4) is 0 Å². The summed E-state index contributed by atoms with van der Waals surface area (Å²) in [5, 5.41) is 2.81. The lowest BCUT2D eigenvalue weighted by Gasteiger charge is -2.23. The van der Waals surface area contributed by atoms with Gasteiger partial charge in [0.1, 0.15) is 0 Å². The molecule has 0 atom stereocenters. The molecule has 0 bridgehead atoms. The van der Waals surface area contributed by atoms with Crippen LogP contribution in [0.15, 0.2) is 24.3 Å². The fourth-order valence-electron chi connectivity index (χ4n) is 1.64. The standard InChI is InChI=1S/C14H21N3O2.ClH/c1-14(2,3)16-12(18)9-17(4)13(19)10-6-5-7-11(15)8-10;/h5-8H,9,15H2,1-4H3,(H,16,18);1H. The molecule has 6 heteroatoms. The minimum absolute atomic E-state index is 0. The van der Waals surface area contributed by atoms with Crippen molar-refractivity contribution in [2.75, 3.05) is 19.3 Å². The predicted molar refractivity (Wildman–Crippen MR) is 83.0 cm³/mol. The second-order valence-electron chi connectivity index (χ2n) is 5.58. The van der Waals surface area contributed by atoms with Gasteiger partial charge in [0, 0.05) is 23.8 Å². The summed E-state index contributed by atoms with van der Waals surface area (Å²) in [6.45, 7) is 5.70. The first-order chi connectivity index (χ1) is 8.69. The highest BCUT2D eigenvalue weighted by atomic mass is 35.5. The van der Waals surface area contributed by atoms with Crippen molar-refractivity contribution in [1.82, 2.24) is 10.2 Å². The maximum Gasteiger partial charge on any atom is 0.254 e. The summed E-state index contributed by atoms with van der Waals surface area (Å²) in [5.41, 5.74) is 6.33. The van der Waals surface area contributed by atoms with Gasteiger partial charge in [-0.05, 0) is 39.0 Å². The third kappa shape index (κ3) is 5.93. The summed E-state index contributed by atoms with van der Waals surface area (Å²) in [6.07, 6.45) is 0. The molecular formula is C14H22ClN3O2. The first kappa shape index (κ1) is 18.2. The molecule has 1 aromatic carbocycles. The van der Waals surface area contributed by atoms with Crippen LogP contribution in [0.4, 0.5) is 5.69 Å². The van der Waals surface area contributed by atoms with E-state index in [0.717, 1.165) is 0 Å². The normalized spacial score (nSPS) is 10.4. The minimum Gasteiger partial charge on any atom is -0.399 e. The Morgan fingerprint density at radius 1 is 1.30 bits per heavy atom. The van der Waals surface area contributed by atoms with Gasteiger partial charge in [0.25, 0.3) is 5.91 Å². The average molecular weight is 300 g/mol. The SMILES string of the molecule is CN(CC(=O)NC(C)(C)C)C(=O)c1cccc(N)c1.Cl. The Balaban J connectivity index is 0.00000361. The number of nitrogen functional groups attached to an aromatic ring is 1. The predicted octanol–water partition coefficient (Wildman–Crippen LogP) is 1.68. The molecule has 1 aromatic rings. The smallest absolute Gasteiger partial charge is 0.254 e. The Bertz CT molecular complexity index is 484. The molecule has 0 heterocycles. The van der Waals surface area contributed by atoms with Gasteiger partial charge in [0.05, 0.1) is 6.54 Å². The minimum atomic E-state index is -0.307. The van der Waals surface area contributed by atoms with Crippen molar-refractivity contribution in [3.63, 3.8) is 0 Å². The number of nitrogens with zero attached hydrogens (tertiary/aromatic N) is 1. The number of hydrogen-bond donors (Lipinski definition) is 2. The summed E-state index contributed by atoms with van der Waals surface area (Å²) in [4.78, 5) is 25.2. The van der Waals surface area contributed by atoms with E-state index in [9.17, 15) is 9.59 Å². The molecule has 0 aliphatic carbocycles. The van der Waals surface area contributed by atoms with Gasteiger partial charge in [-0.3, -0.25) is 9.59 Å². The number of hydrogen-bond acceptors (Lipinski definition) is 3. The largest absolute Gasteiger partial charge is 0.399 e. The molecule has 0 spiro atoms. The third-order valence-electron chi connectivity index (χ3n) is 2.38. The number of carbonyl (C=O) groups excluding carboxylic acids is 2. The summed E-state index contributed by atoms with van der Waals surface area (Å²) in [6, 6.07) is 6.70. The number of carbonyl (C=O) groups is 2. The summed E-state index contributed by atoms with van der Waals surface area (Å²) < 4.78 is 0. The van der Waals surface area contributed by atoms with E-state index in [-0.39, 0.29) is 36.3 Å². The maximum absolute atomic E-state index is 12.1. The number of nitrogens with two attached hydrogens (primary N) is 1. The van der Waals surface area contributed by atoms with Gasteiger partial charge in [-0.2, -0.15) is 0 Å². The van der Waals surface area contributed by atoms with Crippen LogP contribution in [0.2, 0.25) is 0 Å². The fourth-order valence-corrected chi connectivity index (χ4v) is 1.64. The van der Waals surface area contributed by atoms with Crippen molar-refractivity contribution in [3.05, 3.63) is 29.8 Å². The zero-order chi connectivity index (χ0) is 14.6. The van der Waals surface area contributed by atoms with Gasteiger partial charge in [-0.25, -0.2) is 0 Å². The number of amides is 2. The van der Waals surface area contributed by atoms with E-state index in [1.54, 1.807) is 31.3 Å². The molecule has 0 saturated heterocycles. The highest BCUT2D eigenvalue weighted by Gasteiger charge is 2.18. The van der Waals surface area contributed by atoms with Crippen molar-refractivity contribution in [2.45, 2.75) is 26.3 Å². The number of halogens is 1. The van der Waals surface area contributed by atoms with E-state index in [2.05, 4.69) is 5.32 Å². The molecule has 0 saturated carbocycles. The molecule has 2 amide bonds. The van der Waals surface area contributed by atoms with E-state index >= 15 is 0 Å². The van der Waals surface area contributed by atoms with E-state index in [0.29, 0.717) is 11.3 Å². The number of anilines is 1. The summed E-state index contributed by atoms with van der Waals surface area (Å²) in [5.74, 6) is -0.413. The Morgan fingerprint density at radius 2 is 1.90 bits per heavy atom. The van der Waals surface area contributed by atoms with Gasteiger partial charge in [0.2, 0.25) is 5.91 Å². The molecule has 0 radical (unpaired) electrons. The van der Waals surface area contributed by atoms with Gasteiger partial charge >= 0.3 is 0 Å². The number of likely N-dealkylation sites (N-methyl/N-ethyl adjacent to an activating group) is 1. The lowest BCUT2D eigenvalue weighted by molar-refractivity contribution is -0.122. The molecule has 3 N–H and O–H groups in total. The van der Waals surface area contributed by atoms with Gasteiger partial charge < -0.3 is 16.0 Å². The Morgan fingerprint density at radius 3 is 2.40 bits per heavy atom. The molecule has 0 aliphatic heterocycles. The van der Waals surface area contributed by atoms with Crippen LogP contribution in [0.3, 0.4) is 0 Å². The number of nitrogens with one attached hydrogen (secondary N) is 1. The van der Waals surface area contributed by atoms with Gasteiger partial charge in [-0.1, -0.05) is 6.07 Å². The molecule has 0 fully saturated rings. The molecule has 112 valence electrons. The number of rotatable bonds is 3. The van der Waals surface area contributed by atoms with Crippen molar-refractivity contribution >= 4 is 29.9 Å². The highest BCUT2D eigenvalue weighted by Crippen LogP contribution is 2.09. The van der Waals surface area contributed by atoms with Crippen LogP contribution < -0.4 is 11.1 Å². The van der Waals surface area contributed by atoms with E-state index in [4.69, 9.17) is 5.73 Å². The summed E-state index contributed by atoms with van der Waals surface area (Å²) >= 11 is 0. The summed E-state index contributed by atoms with van der Waals surface area (Å²) in [7, 11) is 1.59. The Labute approximate surface area is 125 Å². The van der Waals surface area contributed by atoms with Crippen LogP contribution in [0.1, 0.15) is 31.1 Å². The fraction of sp³-hybridized carbons (Fsp3) is 0.429. The first-order valence-electron chi connectivity index (χ1n) is 6.11. The van der Waals surface area contributed by atoms with Gasteiger partial charge in [-0.15, -0.1) is 12.4 Å². The van der Waals surface area contributed by atoms with Crippen molar-refractivity contribution < 1.29 is 9.59 Å². The lowest BCUT2D eigenvalue weighted by atomic mass is 10.1. The molecule has 0 unspecified atom stereocenters. The molecular weight excluding hydrogens is 278 g/mol. The Hall–Kier alpha value is -1.75. The molecule has 0 aliphatic rings. The zero-order valence-corrected chi connectivity index (χ0v) is 13.1.